The minimum Gasteiger partial charge on any atom is -0.505 e. The van der Waals surface area contributed by atoms with Crippen molar-refractivity contribution in [2.45, 2.75) is 19.6 Å². The lowest BCUT2D eigenvalue weighted by Crippen LogP contribution is -2.03. The smallest absolute Gasteiger partial charge is 0.297 e. The molecule has 8 N–H and O–H groups in total. The first kappa shape index (κ1) is 47.9. The van der Waals surface area contributed by atoms with Gasteiger partial charge in [0.1, 0.15) is 37.4 Å². The van der Waals surface area contributed by atoms with E-state index in [1.54, 1.807) is 0 Å². The van der Waals surface area contributed by atoms with Gasteiger partial charge in [-0.05, 0) is 84.9 Å². The first-order valence-electron chi connectivity index (χ1n) is 18.2. The molecule has 68 heavy (non-hydrogen) atoms. The second-order valence-electron chi connectivity index (χ2n) is 13.7. The van der Waals surface area contributed by atoms with Crippen LogP contribution in [0.2, 0.25) is 0 Å². The van der Waals surface area contributed by atoms with Crippen molar-refractivity contribution in [3.05, 3.63) is 119 Å². The highest BCUT2D eigenvalue weighted by Gasteiger charge is 2.29. The lowest BCUT2D eigenvalue weighted by Gasteiger charge is -2.13. The highest BCUT2D eigenvalue weighted by atomic mass is 32.2. The van der Waals surface area contributed by atoms with Gasteiger partial charge in [-0.2, -0.15) is 49.0 Å². The molecule has 0 saturated carbocycles. The van der Waals surface area contributed by atoms with E-state index in [2.05, 4.69) is 40.9 Å². The summed E-state index contributed by atoms with van der Waals surface area (Å²) in [5.74, 6) is -1.93. The summed E-state index contributed by atoms with van der Waals surface area (Å²) < 4.78 is 139. The molecule has 0 bridgehead atoms. The third-order valence-electron chi connectivity index (χ3n) is 9.35. The molecular weight excluding hydrogens is 981 g/mol. The Labute approximate surface area is 381 Å². The maximum atomic E-state index is 12.9. The van der Waals surface area contributed by atoms with Gasteiger partial charge in [-0.1, -0.05) is 18.2 Å². The topological polar surface area (TPSA) is 426 Å². The average molecular weight is 1010 g/mol. The largest absolute Gasteiger partial charge is 0.505 e. The molecular formula is C38H26N10O16S4. The molecule has 0 saturated heterocycles. The van der Waals surface area contributed by atoms with Crippen molar-refractivity contribution < 1.29 is 67.0 Å². The van der Waals surface area contributed by atoms with E-state index in [4.69, 9.17) is 10.3 Å². The van der Waals surface area contributed by atoms with Gasteiger partial charge in [0.15, 0.2) is 17.2 Å². The minimum atomic E-state index is -5.49. The number of nitro groups is 1. The Morgan fingerprint density at radius 2 is 0.971 bits per heavy atom. The van der Waals surface area contributed by atoms with Crippen LogP contribution in [0.5, 0.6) is 11.5 Å². The van der Waals surface area contributed by atoms with Crippen LogP contribution < -0.4 is 5.73 Å². The molecule has 26 nitrogen and oxygen atoms in total. The summed E-state index contributed by atoms with van der Waals surface area (Å²) in [7, 11) is -20.5. The van der Waals surface area contributed by atoms with E-state index in [0.717, 1.165) is 42.5 Å². The van der Waals surface area contributed by atoms with Gasteiger partial charge in [0.25, 0.3) is 46.2 Å². The molecule has 0 spiro atoms. The van der Waals surface area contributed by atoms with Crippen LogP contribution in [0.25, 0.3) is 21.5 Å². The van der Waals surface area contributed by atoms with Gasteiger partial charge in [-0.15, -0.1) is 25.6 Å². The van der Waals surface area contributed by atoms with Crippen LogP contribution in [0.4, 0.5) is 56.9 Å². The van der Waals surface area contributed by atoms with Crippen LogP contribution in [0.3, 0.4) is 0 Å². The third kappa shape index (κ3) is 10.0. The number of para-hydroxylation sites is 1. The van der Waals surface area contributed by atoms with E-state index in [1.807, 2.05) is 0 Å². The molecule has 0 atom stereocenters. The number of benzene rings is 7. The van der Waals surface area contributed by atoms with Gasteiger partial charge >= 0.3 is 0 Å². The molecule has 7 rings (SSSR count). The van der Waals surface area contributed by atoms with Crippen LogP contribution >= 0.6 is 0 Å². The molecule has 0 aliphatic heterocycles. The SMILES string of the molecule is Nc1c(N=Nc2ccc3c(O)c(N=Nc4ccc(N=Nc5ccc(S(=O)(=O)O)cc5)cc4)c(S(=O)(=O)O)cc3c2S(=O)(=O)O)cc(S(=O)(=O)O)c2ccc(N=Nc3ccccc3[N+](=O)[O-])c(O)c12. The number of phenolic OH excluding ortho intramolecular Hbond substituents is 2. The number of nitrogen functional groups attached to an aromatic ring is 1. The van der Waals surface area contributed by atoms with E-state index in [0.29, 0.717) is 12.1 Å². The zero-order valence-corrected chi connectivity index (χ0v) is 36.7. The maximum absolute atomic E-state index is 12.9. The Balaban J connectivity index is 1.28. The molecule has 0 radical (unpaired) electrons. The molecule has 7 aromatic carbocycles. The monoisotopic (exact) mass is 1010 g/mol. The number of fused-ring (bicyclic) bond motifs is 2. The van der Waals surface area contributed by atoms with Crippen LogP contribution in [-0.4, -0.2) is 67.0 Å². The fraction of sp³-hybridized carbons (Fsp3) is 0. The van der Waals surface area contributed by atoms with Gasteiger partial charge in [0.05, 0.1) is 38.0 Å². The molecule has 0 unspecified atom stereocenters. The maximum Gasteiger partial charge on any atom is 0.297 e. The third-order valence-corrected chi connectivity index (χ3v) is 12.9. The van der Waals surface area contributed by atoms with Crippen LogP contribution in [0.1, 0.15) is 0 Å². The standard InChI is InChI=1S/C38H26N10O16S4/c39-34-29(18-31(66(56,57)58)24-14-15-27(37(50)33(24)34)44-43-26-3-1-2-4-30(26)48(51)52)46-45-28-16-13-23-25(38(28)68(62,63)64)17-32(67(59,60)61)35(36(23)49)47-42-20-7-5-19(6-8-20)40-41-21-9-11-22(12-10-21)65(53,54)55/h1-18,49-50H,39H2,(H,53,54,55)(H,56,57,58)(H,59,60,61)(H,62,63,64). The number of azo groups is 4. The Morgan fingerprint density at radius 3 is 1.53 bits per heavy atom. The number of nitro benzene ring substituents is 1. The number of aromatic hydroxyl groups is 2. The summed E-state index contributed by atoms with van der Waals surface area (Å²) in [6.07, 6.45) is 0. The first-order chi connectivity index (χ1) is 31.8. The Kier molecular flexibility index (Phi) is 12.6. The van der Waals surface area contributed by atoms with E-state index >= 15 is 0 Å². The number of rotatable bonds is 13. The highest BCUT2D eigenvalue weighted by Crippen LogP contribution is 2.48. The molecule has 0 amide bonds. The molecule has 0 heterocycles. The minimum absolute atomic E-state index is 0.0224. The number of nitrogens with zero attached hydrogens (tertiary/aromatic N) is 9. The van der Waals surface area contributed by atoms with Crippen molar-refractivity contribution >= 4 is 119 Å². The Morgan fingerprint density at radius 1 is 0.471 bits per heavy atom. The predicted molar refractivity (Wildman–Crippen MR) is 238 cm³/mol. The number of anilines is 1. The molecule has 30 heteroatoms. The summed E-state index contributed by atoms with van der Waals surface area (Å²) >= 11 is 0. The van der Waals surface area contributed by atoms with Crippen LogP contribution in [0.15, 0.2) is 170 Å². The quantitative estimate of drug-likeness (QED) is 0.0186. The van der Waals surface area contributed by atoms with Crippen molar-refractivity contribution in [2.75, 3.05) is 5.73 Å². The zero-order valence-electron chi connectivity index (χ0n) is 33.4. The summed E-state index contributed by atoms with van der Waals surface area (Å²) in [5.41, 5.74) is 2.79. The van der Waals surface area contributed by atoms with Crippen molar-refractivity contribution in [3.63, 3.8) is 0 Å². The van der Waals surface area contributed by atoms with E-state index in [-0.39, 0.29) is 33.0 Å². The zero-order chi connectivity index (χ0) is 49.5. The molecule has 0 fully saturated rings. The van der Waals surface area contributed by atoms with Crippen LogP contribution in [-0.2, 0) is 40.5 Å². The van der Waals surface area contributed by atoms with Gasteiger partial charge in [0, 0.05) is 22.2 Å². The summed E-state index contributed by atoms with van der Waals surface area (Å²) in [4.78, 5) is 7.01. The van der Waals surface area contributed by atoms with E-state index in [1.165, 1.54) is 54.6 Å². The Bertz CT molecular complexity index is 3850. The lowest BCUT2D eigenvalue weighted by atomic mass is 10.1. The van der Waals surface area contributed by atoms with Gasteiger partial charge in [-0.3, -0.25) is 28.3 Å². The Hall–Kier alpha value is -8.10. The summed E-state index contributed by atoms with van der Waals surface area (Å²) in [5, 5.41) is 62.5. The van der Waals surface area contributed by atoms with Gasteiger partial charge in [0.2, 0.25) is 0 Å². The normalized spacial score (nSPS) is 12.9. The first-order valence-corrected chi connectivity index (χ1v) is 24.0. The molecule has 0 aliphatic rings. The number of nitrogens with two attached hydrogens (primary N) is 1. The number of hydrogen-bond acceptors (Lipinski definition) is 21. The molecule has 0 aromatic heterocycles. The summed E-state index contributed by atoms with van der Waals surface area (Å²) in [6, 6.07) is 20.5. The molecule has 348 valence electrons. The second-order valence-corrected chi connectivity index (χ2v) is 19.3. The molecule has 0 aliphatic carbocycles. The van der Waals surface area contributed by atoms with Crippen molar-refractivity contribution in [2.24, 2.45) is 40.9 Å². The fourth-order valence-electron chi connectivity index (χ4n) is 6.28. The van der Waals surface area contributed by atoms with Crippen molar-refractivity contribution in [1.29, 1.82) is 0 Å². The second kappa shape index (κ2) is 17.9. The van der Waals surface area contributed by atoms with Gasteiger partial charge in [-0.25, -0.2) is 0 Å². The highest BCUT2D eigenvalue weighted by molar-refractivity contribution is 7.87. The fourth-order valence-corrected chi connectivity index (χ4v) is 8.94. The molecule has 7 aromatic rings. The average Bonchev–Trinajstić information content (AvgIpc) is 3.26. The van der Waals surface area contributed by atoms with Crippen LogP contribution in [0, 0.1) is 10.1 Å². The van der Waals surface area contributed by atoms with Crippen molar-refractivity contribution in [3.8, 4) is 11.5 Å². The lowest BCUT2D eigenvalue weighted by molar-refractivity contribution is -0.384. The predicted octanol–water partition coefficient (Wildman–Crippen LogP) is 9.54. The van der Waals surface area contributed by atoms with Crippen molar-refractivity contribution in [1.82, 2.24) is 0 Å². The number of hydrogen-bond donors (Lipinski definition) is 7. The van der Waals surface area contributed by atoms with E-state index < -0.39 is 122 Å². The summed E-state index contributed by atoms with van der Waals surface area (Å²) in [6.45, 7) is 0. The van der Waals surface area contributed by atoms with E-state index in [9.17, 15) is 67.7 Å². The number of phenols is 2. The van der Waals surface area contributed by atoms with Gasteiger partial charge < -0.3 is 15.9 Å².